The number of aromatic nitrogens is 1. The van der Waals surface area contributed by atoms with Crippen LogP contribution in [0.15, 0.2) is 72.4 Å². The molecular weight excluding hydrogens is 428 g/mol. The summed E-state index contributed by atoms with van der Waals surface area (Å²) in [5, 5.41) is 11.0. The summed E-state index contributed by atoms with van der Waals surface area (Å²) >= 11 is 1.64. The van der Waals surface area contributed by atoms with Crippen molar-refractivity contribution in [3.8, 4) is 10.4 Å². The molecule has 0 saturated heterocycles. The van der Waals surface area contributed by atoms with Gasteiger partial charge in [0.2, 0.25) is 0 Å². The van der Waals surface area contributed by atoms with E-state index in [1.165, 1.54) is 0 Å². The van der Waals surface area contributed by atoms with Gasteiger partial charge in [0, 0.05) is 18.7 Å². The number of hydrogen-bond acceptors (Lipinski definition) is 5. The number of ether oxygens (including phenoxy) is 1. The summed E-state index contributed by atoms with van der Waals surface area (Å²) in [6.07, 6.45) is 11.8. The molecule has 0 amide bonds. The Kier molecular flexibility index (Phi) is 8.22. The van der Waals surface area contributed by atoms with Crippen LogP contribution in [0.5, 0.6) is 0 Å². The van der Waals surface area contributed by atoms with E-state index in [4.69, 9.17) is 9.72 Å². The van der Waals surface area contributed by atoms with Crippen LogP contribution in [0.2, 0.25) is 0 Å². The summed E-state index contributed by atoms with van der Waals surface area (Å²) in [4.78, 5) is 10.5. The third-order valence-electron chi connectivity index (χ3n) is 6.12. The number of benzene rings is 1. The number of thiazole rings is 1. The maximum absolute atomic E-state index is 10.1. The van der Waals surface area contributed by atoms with Crippen LogP contribution >= 0.6 is 11.3 Å². The van der Waals surface area contributed by atoms with Crippen LogP contribution in [0, 0.1) is 11.8 Å². The minimum absolute atomic E-state index is 0.397. The molecule has 33 heavy (non-hydrogen) atoms. The first-order valence-electron chi connectivity index (χ1n) is 11.3. The van der Waals surface area contributed by atoms with Gasteiger partial charge in [-0.25, -0.2) is 9.98 Å². The number of rotatable bonds is 8. The van der Waals surface area contributed by atoms with Crippen molar-refractivity contribution >= 4 is 28.4 Å². The van der Waals surface area contributed by atoms with Crippen molar-refractivity contribution in [2.24, 2.45) is 16.8 Å². The topological polar surface area (TPSA) is 54.7 Å². The Labute approximate surface area is 201 Å². The van der Waals surface area contributed by atoms with E-state index in [2.05, 4.69) is 48.9 Å². The zero-order chi connectivity index (χ0) is 24.0. The van der Waals surface area contributed by atoms with Gasteiger partial charge in [-0.15, -0.1) is 11.3 Å². The lowest BCUT2D eigenvalue weighted by molar-refractivity contribution is -0.0677. The van der Waals surface area contributed by atoms with E-state index in [1.807, 2.05) is 39.0 Å². The normalized spacial score (nSPS) is 22.8. The van der Waals surface area contributed by atoms with Crippen molar-refractivity contribution in [3.63, 3.8) is 0 Å². The predicted molar refractivity (Wildman–Crippen MR) is 141 cm³/mol. The third kappa shape index (κ3) is 6.18. The SMILES string of the molecule is C=C/C(=C\N=C(C)OC)c1nc(C(/C=C\C(C)C2CC(C)(O)C2)=C/C)c(-c2ccccc2)s1. The van der Waals surface area contributed by atoms with Crippen LogP contribution in [0.1, 0.15) is 51.2 Å². The van der Waals surface area contributed by atoms with Crippen molar-refractivity contribution in [1.29, 1.82) is 0 Å². The number of aliphatic imine (C=N–C) groups is 1. The Bertz CT molecular complexity index is 1080. The van der Waals surface area contributed by atoms with E-state index in [0.29, 0.717) is 17.7 Å². The quantitative estimate of drug-likeness (QED) is 0.257. The number of methoxy groups -OCH3 is 1. The van der Waals surface area contributed by atoms with Gasteiger partial charge in [0.05, 0.1) is 23.3 Å². The van der Waals surface area contributed by atoms with Gasteiger partial charge in [-0.2, -0.15) is 0 Å². The summed E-state index contributed by atoms with van der Waals surface area (Å²) in [6.45, 7) is 12.0. The Balaban J connectivity index is 1.98. The second kappa shape index (κ2) is 10.9. The smallest absolute Gasteiger partial charge is 0.184 e. The molecule has 2 aromatic rings. The van der Waals surface area contributed by atoms with Crippen LogP contribution in [-0.2, 0) is 4.74 Å². The first kappa shape index (κ1) is 24.9. The number of allylic oxidation sites excluding steroid dienone is 6. The highest BCUT2D eigenvalue weighted by Crippen LogP contribution is 2.43. The Morgan fingerprint density at radius 3 is 2.58 bits per heavy atom. The minimum atomic E-state index is -0.502. The molecule has 174 valence electrons. The Morgan fingerprint density at radius 1 is 1.30 bits per heavy atom. The summed E-state index contributed by atoms with van der Waals surface area (Å²) in [7, 11) is 1.60. The van der Waals surface area contributed by atoms with Gasteiger partial charge < -0.3 is 9.84 Å². The summed E-state index contributed by atoms with van der Waals surface area (Å²) in [5.74, 6) is 1.50. The average molecular weight is 463 g/mol. The van der Waals surface area contributed by atoms with Crippen LogP contribution in [0.25, 0.3) is 21.6 Å². The second-order valence-electron chi connectivity index (χ2n) is 8.83. The van der Waals surface area contributed by atoms with Crippen LogP contribution in [0.3, 0.4) is 0 Å². The maximum Gasteiger partial charge on any atom is 0.184 e. The van der Waals surface area contributed by atoms with Crippen molar-refractivity contribution in [3.05, 3.63) is 78.1 Å². The van der Waals surface area contributed by atoms with Gasteiger partial charge >= 0.3 is 0 Å². The highest BCUT2D eigenvalue weighted by Gasteiger charge is 2.40. The number of nitrogens with zero attached hydrogens (tertiary/aromatic N) is 2. The molecule has 1 saturated carbocycles. The number of aliphatic hydroxyl groups is 1. The molecule has 1 unspecified atom stereocenters. The Hall–Kier alpha value is -2.76. The van der Waals surface area contributed by atoms with E-state index in [-0.39, 0.29) is 0 Å². The second-order valence-corrected chi connectivity index (χ2v) is 9.83. The summed E-state index contributed by atoms with van der Waals surface area (Å²) < 4.78 is 5.16. The van der Waals surface area contributed by atoms with Crippen LogP contribution in [0.4, 0.5) is 0 Å². The van der Waals surface area contributed by atoms with Crippen LogP contribution < -0.4 is 0 Å². The summed E-state index contributed by atoms with van der Waals surface area (Å²) in [5.41, 5.74) is 3.51. The molecule has 0 radical (unpaired) electrons. The predicted octanol–water partition coefficient (Wildman–Crippen LogP) is 7.16. The number of hydrogen-bond donors (Lipinski definition) is 1. The van der Waals surface area contributed by atoms with Crippen LogP contribution in [-0.4, -0.2) is 28.7 Å². The highest BCUT2D eigenvalue weighted by molar-refractivity contribution is 7.16. The van der Waals surface area contributed by atoms with E-state index < -0.39 is 5.60 Å². The standard InChI is InChI=1S/C28H34N2O2S/c1-7-21(15-14-19(3)24-16-28(5,31)17-24)25-26(23-12-10-9-11-13-23)33-27(30-25)22(8-2)18-29-20(4)32-6/h7-15,18-19,24,31H,2,16-17H2,1,3-6H3/b15-14-,21-7+,22-18+,29-20?. The molecule has 1 fully saturated rings. The van der Waals surface area contributed by atoms with Gasteiger partial charge in [0.15, 0.2) is 5.90 Å². The molecule has 1 aliphatic rings. The van der Waals surface area contributed by atoms with Gasteiger partial charge in [-0.3, -0.25) is 0 Å². The highest BCUT2D eigenvalue weighted by atomic mass is 32.1. The average Bonchev–Trinajstić information content (AvgIpc) is 3.23. The first-order chi connectivity index (χ1) is 15.8. The minimum Gasteiger partial charge on any atom is -0.484 e. The lowest BCUT2D eigenvalue weighted by atomic mass is 9.67. The van der Waals surface area contributed by atoms with E-state index in [9.17, 15) is 5.11 Å². The molecule has 3 rings (SSSR count). The molecule has 1 aromatic heterocycles. The van der Waals surface area contributed by atoms with E-state index >= 15 is 0 Å². The first-order valence-corrected chi connectivity index (χ1v) is 12.1. The fraction of sp³-hybridized carbons (Fsp3) is 0.357. The van der Waals surface area contributed by atoms with E-state index in [0.717, 1.165) is 45.1 Å². The van der Waals surface area contributed by atoms with Crippen molar-refractivity contribution in [2.75, 3.05) is 7.11 Å². The van der Waals surface area contributed by atoms with Gasteiger partial charge in [0.1, 0.15) is 5.01 Å². The monoisotopic (exact) mass is 462 g/mol. The lowest BCUT2D eigenvalue weighted by Crippen LogP contribution is -2.43. The third-order valence-corrected chi connectivity index (χ3v) is 7.28. The van der Waals surface area contributed by atoms with E-state index in [1.54, 1.807) is 30.7 Å². The molecule has 1 N–H and O–H groups in total. The molecule has 4 nitrogen and oxygen atoms in total. The summed E-state index contributed by atoms with van der Waals surface area (Å²) in [6, 6.07) is 10.3. The fourth-order valence-corrected chi connectivity index (χ4v) is 5.10. The largest absolute Gasteiger partial charge is 0.484 e. The molecule has 1 aliphatic carbocycles. The Morgan fingerprint density at radius 2 is 2.00 bits per heavy atom. The molecule has 1 aromatic carbocycles. The molecule has 5 heteroatoms. The van der Waals surface area contributed by atoms with Gasteiger partial charge in [-0.1, -0.05) is 68.1 Å². The molecule has 0 bridgehead atoms. The lowest BCUT2D eigenvalue weighted by Gasteiger charge is -2.43. The van der Waals surface area contributed by atoms with Gasteiger partial charge in [-0.05, 0) is 49.7 Å². The maximum atomic E-state index is 10.1. The van der Waals surface area contributed by atoms with Crippen molar-refractivity contribution in [2.45, 2.75) is 46.1 Å². The zero-order valence-corrected chi connectivity index (χ0v) is 21.0. The van der Waals surface area contributed by atoms with Crippen molar-refractivity contribution < 1.29 is 9.84 Å². The fourth-order valence-electron chi connectivity index (χ4n) is 4.00. The molecule has 1 atom stereocenters. The molecule has 0 aliphatic heterocycles. The van der Waals surface area contributed by atoms with Gasteiger partial charge in [0.25, 0.3) is 0 Å². The van der Waals surface area contributed by atoms with Crippen molar-refractivity contribution in [1.82, 2.24) is 4.98 Å². The molecular formula is C28H34N2O2S. The molecule has 1 heterocycles. The molecule has 0 spiro atoms. The zero-order valence-electron chi connectivity index (χ0n) is 20.2.